The van der Waals surface area contributed by atoms with E-state index < -0.39 is 17.5 Å². The topological polar surface area (TPSA) is 29.1 Å². The molecule has 0 saturated carbocycles. The minimum atomic E-state index is -4.49. The number of halogens is 3. The van der Waals surface area contributed by atoms with Crippen LogP contribution in [0.25, 0.3) is 0 Å². The maximum absolute atomic E-state index is 12.3. The van der Waals surface area contributed by atoms with Crippen molar-refractivity contribution in [3.05, 3.63) is 11.6 Å². The van der Waals surface area contributed by atoms with E-state index in [0.717, 1.165) is 12.5 Å². The lowest BCUT2D eigenvalue weighted by atomic mass is 9.85. The average molecular weight is 205 g/mol. The molecule has 0 aromatic carbocycles. The van der Waals surface area contributed by atoms with E-state index in [1.165, 1.54) is 0 Å². The summed E-state index contributed by atoms with van der Waals surface area (Å²) in [7, 11) is 0. The third kappa shape index (κ3) is 1.56. The Balaban J connectivity index is 2.28. The number of Topliss-reactive ketones (excluding diaryl/α,β-unsaturated/α-hetero) is 1. The lowest BCUT2D eigenvalue weighted by Gasteiger charge is -2.24. The Morgan fingerprint density at radius 3 is 2.79 bits per heavy atom. The molecule has 14 heavy (non-hydrogen) atoms. The average Bonchev–Trinajstić information content (AvgIpc) is 2.47. The number of hydrogen-bond acceptors (Lipinski definition) is 2. The fourth-order valence-corrected chi connectivity index (χ4v) is 2.08. The van der Waals surface area contributed by atoms with Crippen molar-refractivity contribution in [1.29, 1.82) is 0 Å². The highest BCUT2D eigenvalue weighted by atomic mass is 19.4. The number of hydrogen-bond donors (Lipinski definition) is 1. The van der Waals surface area contributed by atoms with Crippen LogP contribution in [-0.2, 0) is 4.79 Å². The summed E-state index contributed by atoms with van der Waals surface area (Å²) in [6.45, 7) is 0.699. The molecule has 1 saturated heterocycles. The number of ketones is 1. The number of carbonyl (C=O) groups excluding carboxylic acids is 1. The molecule has 0 aromatic rings. The second-order valence-corrected chi connectivity index (χ2v) is 3.73. The van der Waals surface area contributed by atoms with E-state index in [1.807, 2.05) is 0 Å². The fourth-order valence-electron chi connectivity index (χ4n) is 2.08. The van der Waals surface area contributed by atoms with Crippen LogP contribution in [-0.4, -0.2) is 24.5 Å². The maximum atomic E-state index is 12.3. The lowest BCUT2D eigenvalue weighted by molar-refractivity contribution is -0.130. The number of rotatable bonds is 0. The van der Waals surface area contributed by atoms with E-state index >= 15 is 0 Å². The Bertz CT molecular complexity index is 295. The second-order valence-electron chi connectivity index (χ2n) is 3.73. The molecule has 5 heteroatoms. The second kappa shape index (κ2) is 3.08. The summed E-state index contributed by atoms with van der Waals surface area (Å²) in [5.74, 6) is -0.698. The molecule has 1 fully saturated rings. The van der Waals surface area contributed by atoms with Crippen LogP contribution in [0.1, 0.15) is 12.8 Å². The molecule has 2 unspecified atom stereocenters. The van der Waals surface area contributed by atoms with Crippen LogP contribution in [0.5, 0.6) is 0 Å². The van der Waals surface area contributed by atoms with Crippen LogP contribution >= 0.6 is 0 Å². The molecule has 2 rings (SSSR count). The Kier molecular flexibility index (Phi) is 2.14. The summed E-state index contributed by atoms with van der Waals surface area (Å²) in [5.41, 5.74) is -0.979. The highest BCUT2D eigenvalue weighted by Crippen LogP contribution is 2.35. The van der Waals surface area contributed by atoms with Gasteiger partial charge in [0.05, 0.1) is 5.57 Å². The number of nitrogens with one attached hydrogen (secondary N) is 1. The normalized spacial score (nSPS) is 32.8. The summed E-state index contributed by atoms with van der Waals surface area (Å²) in [4.78, 5) is 11.2. The smallest absolute Gasteiger partial charge is 0.310 e. The number of fused-ring (bicyclic) bond motifs is 1. The molecule has 1 aliphatic carbocycles. The van der Waals surface area contributed by atoms with Gasteiger partial charge in [0, 0.05) is 12.5 Å². The summed E-state index contributed by atoms with van der Waals surface area (Å²) in [5, 5.41) is 2.95. The van der Waals surface area contributed by atoms with Crippen molar-refractivity contribution in [1.82, 2.24) is 5.32 Å². The first-order valence-electron chi connectivity index (χ1n) is 4.54. The molecule has 1 N–H and O–H groups in total. The van der Waals surface area contributed by atoms with Crippen molar-refractivity contribution < 1.29 is 18.0 Å². The van der Waals surface area contributed by atoms with E-state index in [4.69, 9.17) is 0 Å². The summed E-state index contributed by atoms with van der Waals surface area (Å²) in [6.07, 6.45) is -2.63. The van der Waals surface area contributed by atoms with Gasteiger partial charge >= 0.3 is 6.18 Å². The van der Waals surface area contributed by atoms with E-state index in [0.29, 0.717) is 6.54 Å². The first-order valence-corrected chi connectivity index (χ1v) is 4.54. The lowest BCUT2D eigenvalue weighted by Crippen LogP contribution is -2.35. The molecule has 1 aliphatic heterocycles. The van der Waals surface area contributed by atoms with E-state index in [9.17, 15) is 18.0 Å². The zero-order chi connectivity index (χ0) is 10.3. The van der Waals surface area contributed by atoms with Crippen molar-refractivity contribution in [3.63, 3.8) is 0 Å². The van der Waals surface area contributed by atoms with Crippen molar-refractivity contribution in [2.24, 2.45) is 5.92 Å². The zero-order valence-electron chi connectivity index (χ0n) is 7.40. The minimum Gasteiger partial charge on any atom is -0.310 e. The van der Waals surface area contributed by atoms with Crippen LogP contribution in [0.4, 0.5) is 13.2 Å². The quantitative estimate of drug-likeness (QED) is 0.648. The zero-order valence-corrected chi connectivity index (χ0v) is 7.40. The molecule has 0 spiro atoms. The van der Waals surface area contributed by atoms with Crippen molar-refractivity contribution in [3.8, 4) is 0 Å². The minimum absolute atomic E-state index is 0.0308. The molecule has 1 heterocycles. The third-order valence-corrected chi connectivity index (χ3v) is 2.80. The van der Waals surface area contributed by atoms with Gasteiger partial charge < -0.3 is 5.32 Å². The van der Waals surface area contributed by atoms with Gasteiger partial charge in [0.15, 0.2) is 5.78 Å². The van der Waals surface area contributed by atoms with Crippen LogP contribution < -0.4 is 5.32 Å². The SMILES string of the molecule is O=C1CC2CCNC2C=C1C(F)(F)F. The fraction of sp³-hybridized carbons (Fsp3) is 0.667. The standard InChI is InChI=1S/C9H10F3NO/c10-9(11,12)6-4-7-5(1-2-13-7)3-8(6)14/h4-5,7,13H,1-3H2. The van der Waals surface area contributed by atoms with Gasteiger partial charge in [-0.2, -0.15) is 13.2 Å². The molecule has 78 valence electrons. The number of alkyl halides is 3. The third-order valence-electron chi connectivity index (χ3n) is 2.80. The van der Waals surface area contributed by atoms with Crippen molar-refractivity contribution in [2.75, 3.05) is 6.54 Å². The molecule has 0 amide bonds. The van der Waals surface area contributed by atoms with Gasteiger partial charge in [-0.15, -0.1) is 0 Å². The van der Waals surface area contributed by atoms with Crippen molar-refractivity contribution in [2.45, 2.75) is 25.1 Å². The molecule has 0 radical (unpaired) electrons. The van der Waals surface area contributed by atoms with Gasteiger partial charge in [0.25, 0.3) is 0 Å². The Hall–Kier alpha value is -0.840. The van der Waals surface area contributed by atoms with Gasteiger partial charge in [-0.1, -0.05) is 6.08 Å². The first kappa shape index (κ1) is 9.71. The highest BCUT2D eigenvalue weighted by molar-refractivity contribution is 5.97. The van der Waals surface area contributed by atoms with E-state index in [2.05, 4.69) is 5.32 Å². The molecule has 2 aliphatic rings. The van der Waals surface area contributed by atoms with Crippen LogP contribution in [0, 0.1) is 5.92 Å². The summed E-state index contributed by atoms with van der Waals surface area (Å²) < 4.78 is 37.0. The van der Waals surface area contributed by atoms with Gasteiger partial charge in [-0.3, -0.25) is 4.79 Å². The molecule has 2 nitrogen and oxygen atoms in total. The molecule has 0 bridgehead atoms. The predicted molar refractivity (Wildman–Crippen MR) is 43.7 cm³/mol. The molecule has 0 aromatic heterocycles. The first-order chi connectivity index (χ1) is 6.48. The van der Waals surface area contributed by atoms with E-state index in [-0.39, 0.29) is 18.4 Å². The van der Waals surface area contributed by atoms with Crippen molar-refractivity contribution >= 4 is 5.78 Å². The number of allylic oxidation sites excluding steroid dienone is 1. The summed E-state index contributed by atoms with van der Waals surface area (Å²) >= 11 is 0. The summed E-state index contributed by atoms with van der Waals surface area (Å²) in [6, 6.07) is -0.260. The largest absolute Gasteiger partial charge is 0.419 e. The predicted octanol–water partition coefficient (Wildman–Crippen LogP) is 1.43. The Morgan fingerprint density at radius 2 is 2.14 bits per heavy atom. The number of carbonyl (C=O) groups is 1. The highest BCUT2D eigenvalue weighted by Gasteiger charge is 2.44. The Labute approximate surface area is 79.2 Å². The van der Waals surface area contributed by atoms with Crippen LogP contribution in [0.3, 0.4) is 0 Å². The molecular formula is C9H10F3NO. The van der Waals surface area contributed by atoms with Crippen LogP contribution in [0.15, 0.2) is 11.6 Å². The van der Waals surface area contributed by atoms with Gasteiger partial charge in [-0.25, -0.2) is 0 Å². The molecular weight excluding hydrogens is 195 g/mol. The Morgan fingerprint density at radius 1 is 1.43 bits per heavy atom. The van der Waals surface area contributed by atoms with Gasteiger partial charge in [0.1, 0.15) is 0 Å². The monoisotopic (exact) mass is 205 g/mol. The maximum Gasteiger partial charge on any atom is 0.419 e. The molecule has 2 atom stereocenters. The van der Waals surface area contributed by atoms with Gasteiger partial charge in [0.2, 0.25) is 0 Å². The van der Waals surface area contributed by atoms with Gasteiger partial charge in [-0.05, 0) is 18.9 Å². The van der Waals surface area contributed by atoms with Crippen LogP contribution in [0.2, 0.25) is 0 Å². The van der Waals surface area contributed by atoms with E-state index in [1.54, 1.807) is 0 Å².